The molecule has 0 radical (unpaired) electrons. The third kappa shape index (κ3) is 3.48. The second-order valence-electron chi connectivity index (χ2n) is 9.60. The first-order valence-electron chi connectivity index (χ1n) is 11.7. The summed E-state index contributed by atoms with van der Waals surface area (Å²) in [6.07, 6.45) is 30.2. The van der Waals surface area contributed by atoms with Crippen molar-refractivity contribution >= 4 is 7.92 Å². The molecule has 0 bridgehead atoms. The highest BCUT2D eigenvalue weighted by atomic mass is 31.1. The van der Waals surface area contributed by atoms with E-state index in [0.717, 1.165) is 17.0 Å². The summed E-state index contributed by atoms with van der Waals surface area (Å²) in [7, 11) is 0.317. The number of rotatable bonds is 3. The largest absolute Gasteiger partial charge is 0.0966 e. The monoisotopic (exact) mass is 348 g/mol. The molecule has 0 aromatic rings. The van der Waals surface area contributed by atoms with Crippen molar-refractivity contribution in [3.05, 3.63) is 0 Å². The Hall–Kier alpha value is 0.430. The maximum absolute atomic E-state index is 1.67. The van der Waals surface area contributed by atoms with Gasteiger partial charge in [0.1, 0.15) is 0 Å². The minimum Gasteiger partial charge on any atom is -0.0966 e. The average molecular weight is 349 g/mol. The Balaban J connectivity index is 1.64. The van der Waals surface area contributed by atoms with Crippen molar-refractivity contribution in [2.24, 2.45) is 11.8 Å². The first-order chi connectivity index (χ1) is 11.9. The Labute approximate surface area is 152 Å². The maximum atomic E-state index is 1.67. The molecule has 4 fully saturated rings. The molecule has 1 aliphatic heterocycles. The summed E-state index contributed by atoms with van der Waals surface area (Å²) >= 11 is 0. The van der Waals surface area contributed by atoms with Gasteiger partial charge in [-0.25, -0.2) is 0 Å². The molecule has 0 aromatic heterocycles. The standard InChI is InChI=1S/C23H41P/c1-4-12-20(13-5-1)23(21-14-6-2-7-15-21)18-10-11-19-24(23)22-16-8-3-9-17-22/h20-22H,1-19H2. The Kier molecular flexibility index (Phi) is 6.25. The predicted molar refractivity (Wildman–Crippen MR) is 108 cm³/mol. The first-order valence-corrected chi connectivity index (χ1v) is 13.3. The van der Waals surface area contributed by atoms with Crippen LogP contribution >= 0.6 is 7.92 Å². The van der Waals surface area contributed by atoms with Crippen LogP contribution in [-0.2, 0) is 0 Å². The van der Waals surface area contributed by atoms with Crippen molar-refractivity contribution in [2.45, 2.75) is 126 Å². The van der Waals surface area contributed by atoms with Crippen LogP contribution in [0.1, 0.15) is 116 Å². The first kappa shape index (κ1) is 17.8. The third-order valence-corrected chi connectivity index (χ3v) is 12.6. The molecule has 0 N–H and O–H groups in total. The predicted octanol–water partition coefficient (Wildman–Crippen LogP) is 7.88. The summed E-state index contributed by atoms with van der Waals surface area (Å²) in [6, 6.07) is 0. The van der Waals surface area contributed by atoms with Gasteiger partial charge in [0, 0.05) is 0 Å². The minimum atomic E-state index is 0.317. The Morgan fingerprint density at radius 2 is 1.00 bits per heavy atom. The molecular weight excluding hydrogens is 307 g/mol. The quantitative estimate of drug-likeness (QED) is 0.455. The van der Waals surface area contributed by atoms with Gasteiger partial charge in [-0.15, -0.1) is 0 Å². The van der Waals surface area contributed by atoms with Gasteiger partial charge in [-0.3, -0.25) is 0 Å². The molecule has 0 spiro atoms. The van der Waals surface area contributed by atoms with Crippen molar-refractivity contribution in [3.8, 4) is 0 Å². The molecule has 0 nitrogen and oxygen atoms in total. The fourth-order valence-corrected chi connectivity index (χ4v) is 12.3. The maximum Gasteiger partial charge on any atom is -0.00355 e. The molecule has 3 saturated carbocycles. The van der Waals surface area contributed by atoms with E-state index < -0.39 is 0 Å². The van der Waals surface area contributed by atoms with Gasteiger partial charge >= 0.3 is 0 Å². The summed E-state index contributed by atoms with van der Waals surface area (Å²) < 4.78 is 0. The Bertz CT molecular complexity index is 353. The van der Waals surface area contributed by atoms with Gasteiger partial charge in [0.2, 0.25) is 0 Å². The Morgan fingerprint density at radius 3 is 1.54 bits per heavy atom. The van der Waals surface area contributed by atoms with Crippen LogP contribution in [-0.4, -0.2) is 17.0 Å². The molecule has 24 heavy (non-hydrogen) atoms. The van der Waals surface area contributed by atoms with E-state index in [4.69, 9.17) is 0 Å². The molecule has 4 aliphatic rings. The van der Waals surface area contributed by atoms with Crippen molar-refractivity contribution in [3.63, 3.8) is 0 Å². The fourth-order valence-electron chi connectivity index (χ4n) is 7.37. The molecule has 0 aromatic carbocycles. The topological polar surface area (TPSA) is 0 Å². The minimum absolute atomic E-state index is 0.317. The van der Waals surface area contributed by atoms with Gasteiger partial charge in [0.25, 0.3) is 0 Å². The molecule has 0 amide bonds. The zero-order valence-electron chi connectivity index (χ0n) is 16.1. The van der Waals surface area contributed by atoms with E-state index in [1.54, 1.807) is 122 Å². The molecule has 3 aliphatic carbocycles. The normalized spacial score (nSPS) is 34.2. The van der Waals surface area contributed by atoms with Crippen LogP contribution < -0.4 is 0 Å². The van der Waals surface area contributed by atoms with Gasteiger partial charge in [-0.2, -0.15) is 0 Å². The highest BCUT2D eigenvalue weighted by Gasteiger charge is 2.52. The number of hydrogen-bond acceptors (Lipinski definition) is 0. The molecule has 1 heterocycles. The molecule has 1 heteroatoms. The SMILES string of the molecule is C1CCC(P2CCCCC2(C2CCCCC2)C2CCCCC2)CC1. The third-order valence-electron chi connectivity index (χ3n) is 8.40. The summed E-state index contributed by atoms with van der Waals surface area (Å²) in [5, 5.41) is 0.858. The van der Waals surface area contributed by atoms with Gasteiger partial charge in [0.05, 0.1) is 0 Å². The van der Waals surface area contributed by atoms with Crippen LogP contribution in [0.5, 0.6) is 0 Å². The van der Waals surface area contributed by atoms with Crippen LogP contribution in [0.25, 0.3) is 0 Å². The second-order valence-corrected chi connectivity index (χ2v) is 12.6. The van der Waals surface area contributed by atoms with Crippen LogP contribution in [0.2, 0.25) is 0 Å². The second kappa shape index (κ2) is 8.41. The van der Waals surface area contributed by atoms with Crippen LogP contribution in [0.3, 0.4) is 0 Å². The summed E-state index contributed by atoms with van der Waals surface area (Å²) in [5.74, 6) is 2.28. The fraction of sp³-hybridized carbons (Fsp3) is 1.00. The van der Waals surface area contributed by atoms with Crippen LogP contribution in [0.4, 0.5) is 0 Å². The summed E-state index contributed by atoms with van der Waals surface area (Å²) in [5.41, 5.74) is 1.18. The lowest BCUT2D eigenvalue weighted by molar-refractivity contribution is 0.153. The zero-order chi connectivity index (χ0) is 16.2. The molecular formula is C23H41P. The van der Waals surface area contributed by atoms with E-state index in [-0.39, 0.29) is 0 Å². The van der Waals surface area contributed by atoms with E-state index in [1.807, 2.05) is 0 Å². The van der Waals surface area contributed by atoms with Crippen molar-refractivity contribution in [1.82, 2.24) is 0 Å². The van der Waals surface area contributed by atoms with E-state index in [9.17, 15) is 0 Å². The lowest BCUT2D eigenvalue weighted by Gasteiger charge is -2.59. The van der Waals surface area contributed by atoms with Gasteiger partial charge in [0.15, 0.2) is 0 Å². The lowest BCUT2D eigenvalue weighted by Crippen LogP contribution is -2.49. The van der Waals surface area contributed by atoms with Crippen molar-refractivity contribution < 1.29 is 0 Å². The van der Waals surface area contributed by atoms with Crippen LogP contribution in [0.15, 0.2) is 0 Å². The summed E-state index contributed by atoms with van der Waals surface area (Å²) in [4.78, 5) is 0. The molecule has 138 valence electrons. The van der Waals surface area contributed by atoms with Crippen LogP contribution in [0, 0.1) is 11.8 Å². The van der Waals surface area contributed by atoms with Crippen molar-refractivity contribution in [2.75, 3.05) is 6.16 Å². The molecule has 1 saturated heterocycles. The molecule has 1 atom stereocenters. The molecule has 4 rings (SSSR count). The van der Waals surface area contributed by atoms with Crippen molar-refractivity contribution in [1.29, 1.82) is 0 Å². The molecule has 1 unspecified atom stereocenters. The van der Waals surface area contributed by atoms with Gasteiger partial charge in [-0.1, -0.05) is 72.1 Å². The zero-order valence-corrected chi connectivity index (χ0v) is 17.0. The number of hydrogen-bond donors (Lipinski definition) is 0. The smallest absolute Gasteiger partial charge is 0.00355 e. The van der Waals surface area contributed by atoms with E-state index in [1.165, 1.54) is 5.66 Å². The highest BCUT2D eigenvalue weighted by Crippen LogP contribution is 2.70. The lowest BCUT2D eigenvalue weighted by atomic mass is 9.67. The van der Waals surface area contributed by atoms with Gasteiger partial charge < -0.3 is 0 Å². The highest BCUT2D eigenvalue weighted by molar-refractivity contribution is 7.60. The van der Waals surface area contributed by atoms with Gasteiger partial charge in [-0.05, 0) is 80.2 Å². The summed E-state index contributed by atoms with van der Waals surface area (Å²) in [6.45, 7) is 0. The Morgan fingerprint density at radius 1 is 0.500 bits per heavy atom. The van der Waals surface area contributed by atoms with E-state index in [2.05, 4.69) is 0 Å². The van der Waals surface area contributed by atoms with E-state index in [0.29, 0.717) is 7.92 Å². The average Bonchev–Trinajstić information content (AvgIpc) is 2.70. The van der Waals surface area contributed by atoms with E-state index >= 15 is 0 Å².